The molecule has 208 valence electrons. The molecule has 11 heteroatoms. The van der Waals surface area contributed by atoms with Crippen molar-refractivity contribution >= 4 is 23.9 Å². The van der Waals surface area contributed by atoms with Gasteiger partial charge in [0.25, 0.3) is 0 Å². The minimum Gasteiger partial charge on any atom is -0.493 e. The lowest BCUT2D eigenvalue weighted by Crippen LogP contribution is -2.38. The van der Waals surface area contributed by atoms with E-state index in [0.717, 1.165) is 25.7 Å². The normalized spacial score (nSPS) is 14.6. The number of rotatable bonds is 8. The van der Waals surface area contributed by atoms with Crippen molar-refractivity contribution in [3.63, 3.8) is 0 Å². The first kappa shape index (κ1) is 31.7. The summed E-state index contributed by atoms with van der Waals surface area (Å²) in [5, 5.41) is 8.73. The summed E-state index contributed by atoms with van der Waals surface area (Å²) in [6, 6.07) is 4.01. The van der Waals surface area contributed by atoms with E-state index in [4.69, 9.17) is 21.3 Å². The first-order valence-electron chi connectivity index (χ1n) is 12.4. The number of amidine groups is 1. The predicted octanol–water partition coefficient (Wildman–Crippen LogP) is 4.34. The number of aliphatic imine (C=N–C) groups is 1. The summed E-state index contributed by atoms with van der Waals surface area (Å²) >= 11 is 0. The number of carbonyl (C=O) groups excluding carboxylic acids is 2. The molecule has 2 rings (SSSR count). The number of carboxylic acid groups (broad SMARTS) is 1. The van der Waals surface area contributed by atoms with Gasteiger partial charge in [0.05, 0.1) is 13.0 Å². The van der Waals surface area contributed by atoms with Gasteiger partial charge < -0.3 is 30.9 Å². The zero-order valence-electron chi connectivity index (χ0n) is 22.5. The number of likely N-dealkylation sites (tertiary alicyclic amines) is 1. The molecule has 0 radical (unpaired) electrons. The van der Waals surface area contributed by atoms with E-state index in [1.165, 1.54) is 12.1 Å². The standard InChI is InChI=1S/C21H30FN3O4.C5H11NO2/c1-14(2)20(23)24-21(28)25-9-7-15(8-10-25)4-3-11-29-17-6-5-16(12-19(26)27)18(22)13-17;1-5(2,3)8-4(6)7/h5-6,13-15H,3-4,7-12H2,1-2H3,(H,26,27)(H2,23,24,28);1-3H3,(H2,6,7). The van der Waals surface area contributed by atoms with Crippen molar-refractivity contribution < 1.29 is 33.4 Å². The third-order valence-electron chi connectivity index (χ3n) is 5.50. The summed E-state index contributed by atoms with van der Waals surface area (Å²) in [4.78, 5) is 38.5. The van der Waals surface area contributed by atoms with E-state index < -0.39 is 23.5 Å². The van der Waals surface area contributed by atoms with Gasteiger partial charge in [0, 0.05) is 25.1 Å². The Labute approximate surface area is 218 Å². The molecule has 1 aliphatic heterocycles. The summed E-state index contributed by atoms with van der Waals surface area (Å²) in [5.74, 6) is -0.301. The molecular formula is C26H41FN4O6. The predicted molar refractivity (Wildman–Crippen MR) is 139 cm³/mol. The van der Waals surface area contributed by atoms with Crippen LogP contribution in [0.2, 0.25) is 0 Å². The Morgan fingerprint density at radius 2 is 1.81 bits per heavy atom. The average molecular weight is 525 g/mol. The number of carboxylic acids is 1. The molecule has 1 fully saturated rings. The monoisotopic (exact) mass is 524 g/mol. The number of nitrogens with two attached hydrogens (primary N) is 2. The van der Waals surface area contributed by atoms with Gasteiger partial charge in [-0.05, 0) is 64.0 Å². The highest BCUT2D eigenvalue weighted by molar-refractivity contribution is 5.93. The number of aliphatic carboxylic acids is 1. The lowest BCUT2D eigenvalue weighted by atomic mass is 9.92. The zero-order chi connectivity index (χ0) is 28.2. The molecule has 37 heavy (non-hydrogen) atoms. The van der Waals surface area contributed by atoms with Crippen LogP contribution in [0.1, 0.15) is 65.9 Å². The zero-order valence-corrected chi connectivity index (χ0v) is 22.5. The van der Waals surface area contributed by atoms with Gasteiger partial charge in [-0.3, -0.25) is 4.79 Å². The van der Waals surface area contributed by atoms with E-state index in [2.05, 4.69) is 9.73 Å². The van der Waals surface area contributed by atoms with E-state index >= 15 is 0 Å². The van der Waals surface area contributed by atoms with Crippen molar-refractivity contribution in [2.75, 3.05) is 19.7 Å². The number of carbonyl (C=O) groups is 3. The van der Waals surface area contributed by atoms with E-state index in [1.54, 1.807) is 31.7 Å². The van der Waals surface area contributed by atoms with Gasteiger partial charge in [0.1, 0.15) is 23.0 Å². The maximum Gasteiger partial charge on any atom is 0.405 e. The van der Waals surface area contributed by atoms with Crippen molar-refractivity contribution in [3.8, 4) is 5.75 Å². The minimum atomic E-state index is -1.07. The Bertz CT molecular complexity index is 937. The quantitative estimate of drug-likeness (QED) is 0.259. The van der Waals surface area contributed by atoms with Crippen LogP contribution in [0.3, 0.4) is 0 Å². The molecule has 10 nitrogen and oxygen atoms in total. The first-order chi connectivity index (χ1) is 17.2. The number of hydrogen-bond acceptors (Lipinski definition) is 5. The summed E-state index contributed by atoms with van der Waals surface area (Å²) < 4.78 is 24.0. The molecule has 0 aromatic heterocycles. The maximum absolute atomic E-state index is 13.8. The molecule has 1 aliphatic rings. The van der Waals surface area contributed by atoms with Crippen molar-refractivity contribution in [3.05, 3.63) is 29.6 Å². The summed E-state index contributed by atoms with van der Waals surface area (Å²) in [7, 11) is 0. The molecule has 0 bridgehead atoms. The molecule has 0 spiro atoms. The van der Waals surface area contributed by atoms with E-state index in [-0.39, 0.29) is 23.9 Å². The van der Waals surface area contributed by atoms with Crippen LogP contribution in [0.5, 0.6) is 5.75 Å². The van der Waals surface area contributed by atoms with Crippen molar-refractivity contribution in [2.24, 2.45) is 28.3 Å². The second kappa shape index (κ2) is 15.0. The number of amides is 3. The average Bonchev–Trinajstić information content (AvgIpc) is 2.77. The third-order valence-corrected chi connectivity index (χ3v) is 5.50. The van der Waals surface area contributed by atoms with Gasteiger partial charge in [-0.2, -0.15) is 4.99 Å². The molecule has 0 unspecified atom stereocenters. The fourth-order valence-electron chi connectivity index (χ4n) is 3.51. The molecule has 1 saturated heterocycles. The Kier molecular flexibility index (Phi) is 12.8. The highest BCUT2D eigenvalue weighted by Crippen LogP contribution is 2.23. The second-order valence-corrected chi connectivity index (χ2v) is 10.3. The van der Waals surface area contributed by atoms with Crippen LogP contribution in [0.4, 0.5) is 14.0 Å². The second-order valence-electron chi connectivity index (χ2n) is 10.3. The highest BCUT2D eigenvalue weighted by atomic mass is 19.1. The van der Waals surface area contributed by atoms with Crippen molar-refractivity contribution in [1.29, 1.82) is 0 Å². The maximum atomic E-state index is 13.8. The molecule has 1 aromatic rings. The van der Waals surface area contributed by atoms with Gasteiger partial charge in [-0.15, -0.1) is 0 Å². The van der Waals surface area contributed by atoms with Gasteiger partial charge >= 0.3 is 18.1 Å². The van der Waals surface area contributed by atoms with Crippen molar-refractivity contribution in [1.82, 2.24) is 4.90 Å². The summed E-state index contributed by atoms with van der Waals surface area (Å²) in [6.45, 7) is 10.9. The third kappa shape index (κ3) is 13.5. The Morgan fingerprint density at radius 1 is 1.19 bits per heavy atom. The molecule has 1 heterocycles. The molecule has 0 atom stereocenters. The lowest BCUT2D eigenvalue weighted by molar-refractivity contribution is -0.136. The molecule has 1 aromatic carbocycles. The van der Waals surface area contributed by atoms with E-state index in [0.29, 0.717) is 37.2 Å². The Balaban J connectivity index is 0.000000738. The number of urea groups is 1. The van der Waals surface area contributed by atoms with Crippen LogP contribution >= 0.6 is 0 Å². The number of ether oxygens (including phenoxy) is 2. The largest absolute Gasteiger partial charge is 0.493 e. The number of nitrogens with zero attached hydrogens (tertiary/aromatic N) is 2. The fraction of sp³-hybridized carbons (Fsp3) is 0.615. The Morgan fingerprint density at radius 3 is 2.27 bits per heavy atom. The number of primary amides is 1. The van der Waals surface area contributed by atoms with Gasteiger partial charge in [-0.1, -0.05) is 19.9 Å². The number of halogens is 1. The number of piperidine rings is 1. The molecular weight excluding hydrogens is 483 g/mol. The van der Waals surface area contributed by atoms with Crippen LogP contribution in [0, 0.1) is 17.7 Å². The topological polar surface area (TPSA) is 158 Å². The van der Waals surface area contributed by atoms with Crippen LogP contribution in [-0.4, -0.2) is 59.2 Å². The molecule has 5 N–H and O–H groups in total. The summed E-state index contributed by atoms with van der Waals surface area (Å²) in [6.07, 6.45) is 2.57. The SMILES string of the molecule is CC(C)(C)OC(N)=O.CC(C)/C(N)=N/C(=O)N1CCC(CCCOc2ccc(CC(=O)O)c(F)c2)CC1. The van der Waals surface area contributed by atoms with Crippen LogP contribution < -0.4 is 16.2 Å². The first-order valence-corrected chi connectivity index (χ1v) is 12.4. The molecule has 0 saturated carbocycles. The summed E-state index contributed by atoms with van der Waals surface area (Å²) in [5.41, 5.74) is 10.2. The number of hydrogen-bond donors (Lipinski definition) is 3. The van der Waals surface area contributed by atoms with E-state index in [9.17, 15) is 18.8 Å². The molecule has 3 amide bonds. The lowest BCUT2D eigenvalue weighted by Gasteiger charge is -2.30. The van der Waals surface area contributed by atoms with Gasteiger partial charge in [-0.25, -0.2) is 14.0 Å². The molecule has 0 aliphatic carbocycles. The van der Waals surface area contributed by atoms with Crippen molar-refractivity contribution in [2.45, 2.75) is 72.3 Å². The van der Waals surface area contributed by atoms with E-state index in [1.807, 2.05) is 13.8 Å². The van der Waals surface area contributed by atoms with Gasteiger partial charge in [0.15, 0.2) is 0 Å². The van der Waals surface area contributed by atoms with Crippen LogP contribution in [0.25, 0.3) is 0 Å². The minimum absolute atomic E-state index is 0.0540. The van der Waals surface area contributed by atoms with Crippen LogP contribution in [0.15, 0.2) is 23.2 Å². The van der Waals surface area contributed by atoms with Gasteiger partial charge in [0.2, 0.25) is 0 Å². The Hall–Kier alpha value is -3.37. The number of benzene rings is 1. The van der Waals surface area contributed by atoms with Crippen LogP contribution in [-0.2, 0) is 16.0 Å². The smallest absolute Gasteiger partial charge is 0.405 e. The fourth-order valence-corrected chi connectivity index (χ4v) is 3.51. The highest BCUT2D eigenvalue weighted by Gasteiger charge is 2.22.